The number of urea groups is 1. The van der Waals surface area contributed by atoms with Crippen LogP contribution in [-0.4, -0.2) is 178 Å². The van der Waals surface area contributed by atoms with Gasteiger partial charge in [0, 0.05) is 31.7 Å². The number of nitrogens with zero attached hydrogens (tertiary/aromatic N) is 1. The number of carbonyl (C=O) groups is 1. The lowest BCUT2D eigenvalue weighted by molar-refractivity contribution is -0.315. The number of aliphatic hydroxyl groups is 6. The van der Waals surface area contributed by atoms with Gasteiger partial charge >= 0.3 is 6.03 Å². The molecule has 2 aliphatic heterocycles. The van der Waals surface area contributed by atoms with Gasteiger partial charge in [0.25, 0.3) is 0 Å². The predicted octanol–water partition coefficient (Wildman–Crippen LogP) is -7.94. The Kier molecular flexibility index (Phi) is 14.3. The molecule has 2 saturated heterocycles. The molecule has 0 radical (unpaired) electrons. The van der Waals surface area contributed by atoms with Gasteiger partial charge in [0.05, 0.1) is 50.1 Å². The van der Waals surface area contributed by atoms with E-state index in [0.29, 0.717) is 5.06 Å². The zero-order chi connectivity index (χ0) is 32.7. The Morgan fingerprint density at radius 2 is 1.59 bits per heavy atom. The molecule has 1 saturated carbocycles. The number of ether oxygens (including phenoxy) is 4. The van der Waals surface area contributed by atoms with Crippen LogP contribution in [0.25, 0.3) is 0 Å². The molecule has 2 heterocycles. The van der Waals surface area contributed by atoms with Gasteiger partial charge in [-0.15, -0.1) is 0 Å². The van der Waals surface area contributed by atoms with E-state index in [9.17, 15) is 35.5 Å². The first-order valence-corrected chi connectivity index (χ1v) is 14.6. The summed E-state index contributed by atoms with van der Waals surface area (Å²) in [4.78, 5) is 12.6. The fourth-order valence-electron chi connectivity index (χ4n) is 5.43. The van der Waals surface area contributed by atoms with E-state index in [1.54, 1.807) is 0 Å². The number of hydroxylamine groups is 2. The van der Waals surface area contributed by atoms with E-state index < -0.39 is 104 Å². The van der Waals surface area contributed by atoms with Crippen molar-refractivity contribution < 1.29 is 59.6 Å². The van der Waals surface area contributed by atoms with Gasteiger partial charge in [0.1, 0.15) is 36.6 Å². The van der Waals surface area contributed by atoms with Crippen LogP contribution in [0.1, 0.15) is 12.8 Å². The number of hydrogen-bond donors (Lipinski definition) is 14. The molecule has 0 aromatic heterocycles. The second-order valence-corrected chi connectivity index (χ2v) is 11.5. The van der Waals surface area contributed by atoms with Crippen LogP contribution >= 0.6 is 0 Å². The van der Waals surface area contributed by atoms with Gasteiger partial charge in [-0.1, -0.05) is 0 Å². The first kappa shape index (κ1) is 37.1. The average Bonchev–Trinajstić information content (AvgIpc) is 2.98. The minimum atomic E-state index is -1.63. The minimum absolute atomic E-state index is 0.0431. The molecule has 44 heavy (non-hydrogen) atoms. The monoisotopic (exact) mass is 642 g/mol. The van der Waals surface area contributed by atoms with E-state index in [2.05, 4.69) is 10.6 Å². The summed E-state index contributed by atoms with van der Waals surface area (Å²) in [6, 6.07) is -5.64. The summed E-state index contributed by atoms with van der Waals surface area (Å²) in [5, 5.41) is 77.4. The van der Waals surface area contributed by atoms with E-state index in [-0.39, 0.29) is 45.6 Å². The summed E-state index contributed by atoms with van der Waals surface area (Å²) in [5.41, 5.74) is 29.6. The van der Waals surface area contributed by atoms with Crippen molar-refractivity contribution in [3.63, 3.8) is 0 Å². The van der Waals surface area contributed by atoms with Crippen molar-refractivity contribution in [3.05, 3.63) is 0 Å². The molecule has 2 amide bonds. The number of nitrogens with one attached hydrogen (secondary N) is 2. The molecule has 258 valence electrons. The lowest BCUT2D eigenvalue weighted by atomic mass is 9.83. The molecule has 0 aromatic rings. The number of carbonyl (C=O) groups excluding carboxylic acids is 1. The van der Waals surface area contributed by atoms with Crippen LogP contribution in [0.4, 0.5) is 4.79 Å². The van der Waals surface area contributed by atoms with Crippen molar-refractivity contribution in [3.8, 4) is 0 Å². The van der Waals surface area contributed by atoms with Crippen molar-refractivity contribution in [1.29, 1.82) is 0 Å². The molecule has 1 unspecified atom stereocenters. The molecule has 20 heteroatoms. The largest absolute Gasteiger partial charge is 0.395 e. The number of aliphatic hydroxyl groups excluding tert-OH is 6. The zero-order valence-electron chi connectivity index (χ0n) is 24.3. The predicted molar refractivity (Wildman–Crippen MR) is 149 cm³/mol. The molecule has 0 bridgehead atoms. The van der Waals surface area contributed by atoms with Crippen molar-refractivity contribution in [2.24, 2.45) is 28.7 Å². The van der Waals surface area contributed by atoms with Crippen molar-refractivity contribution in [1.82, 2.24) is 15.7 Å². The smallest absolute Gasteiger partial charge is 0.341 e. The van der Waals surface area contributed by atoms with E-state index >= 15 is 0 Å². The second-order valence-electron chi connectivity index (χ2n) is 11.5. The third-order valence-electron chi connectivity index (χ3n) is 8.01. The van der Waals surface area contributed by atoms with Gasteiger partial charge in [-0.3, -0.25) is 5.21 Å². The number of nitrogens with two attached hydrogens (primary N) is 5. The fraction of sp³-hybridized carbons (Fsp3) is 0.958. The lowest BCUT2D eigenvalue weighted by Crippen LogP contribution is -2.69. The fourth-order valence-corrected chi connectivity index (χ4v) is 5.43. The van der Waals surface area contributed by atoms with Crippen LogP contribution < -0.4 is 39.3 Å². The van der Waals surface area contributed by atoms with Crippen LogP contribution in [0.15, 0.2) is 0 Å². The summed E-state index contributed by atoms with van der Waals surface area (Å²) in [6.07, 6.45) is -13.0. The van der Waals surface area contributed by atoms with E-state index in [4.69, 9.17) is 52.7 Å². The summed E-state index contributed by atoms with van der Waals surface area (Å²) >= 11 is 0. The first-order chi connectivity index (χ1) is 20.8. The van der Waals surface area contributed by atoms with E-state index in [0.717, 1.165) is 0 Å². The van der Waals surface area contributed by atoms with Gasteiger partial charge in [0.2, 0.25) is 0 Å². The molecule has 3 rings (SSSR count). The van der Waals surface area contributed by atoms with Gasteiger partial charge < -0.3 is 88.9 Å². The molecule has 1 aliphatic carbocycles. The minimum Gasteiger partial charge on any atom is -0.395 e. The highest BCUT2D eigenvalue weighted by atomic mass is 16.7. The quantitative estimate of drug-likeness (QED) is 0.0654. The normalized spacial score (nSPS) is 42.1. The first-order valence-electron chi connectivity index (χ1n) is 14.6. The average molecular weight is 643 g/mol. The topological polar surface area (TPSA) is 353 Å². The number of amides is 2. The Morgan fingerprint density at radius 1 is 0.932 bits per heavy atom. The maximum absolute atomic E-state index is 12.6. The lowest BCUT2D eigenvalue weighted by Gasteiger charge is -2.48. The highest BCUT2D eigenvalue weighted by Gasteiger charge is 2.51. The molecular weight excluding hydrogens is 592 g/mol. The summed E-state index contributed by atoms with van der Waals surface area (Å²) in [5.74, 6) is 0. The third-order valence-corrected chi connectivity index (χ3v) is 8.01. The van der Waals surface area contributed by atoms with Crippen molar-refractivity contribution in [2.75, 3.05) is 39.4 Å². The molecule has 0 spiro atoms. The van der Waals surface area contributed by atoms with Gasteiger partial charge in [0.15, 0.2) is 12.6 Å². The van der Waals surface area contributed by atoms with Gasteiger partial charge in [-0.2, -0.15) is 0 Å². The highest BCUT2D eigenvalue weighted by Crippen LogP contribution is 2.31. The Bertz CT molecular complexity index is 885. The third kappa shape index (κ3) is 9.11. The molecule has 20 nitrogen and oxygen atoms in total. The molecule has 19 N–H and O–H groups in total. The zero-order valence-corrected chi connectivity index (χ0v) is 24.3. The Balaban J connectivity index is 1.79. The maximum Gasteiger partial charge on any atom is 0.341 e. The van der Waals surface area contributed by atoms with Crippen LogP contribution in [0.2, 0.25) is 0 Å². The summed E-state index contributed by atoms with van der Waals surface area (Å²) < 4.78 is 23.4. The van der Waals surface area contributed by atoms with Gasteiger partial charge in [-0.05, 0) is 12.8 Å². The van der Waals surface area contributed by atoms with Crippen LogP contribution in [0.5, 0.6) is 0 Å². The van der Waals surface area contributed by atoms with Gasteiger partial charge in [-0.25, -0.2) is 9.86 Å². The Labute approximate surface area is 254 Å². The molecule has 3 aliphatic rings. The molecule has 15 atom stereocenters. The Hall–Kier alpha value is -1.41. The van der Waals surface area contributed by atoms with Crippen LogP contribution in [-0.2, 0) is 18.9 Å². The Morgan fingerprint density at radius 3 is 2.23 bits per heavy atom. The van der Waals surface area contributed by atoms with Crippen molar-refractivity contribution >= 4 is 6.03 Å². The summed E-state index contributed by atoms with van der Waals surface area (Å²) in [6.45, 7) is -0.741. The SMILES string of the molecule is NCCN(O)C(=O)N[C@@H]1C[C@H](N)[C@@H](O[C@H]2O[C@H](CNCC(N)CO)[C@@H](O)C[C@H]2N)[C@H](O)[C@H]1O[C@H]1O[C@H](CO)[C@@H](O)[C@H](N)[C@H]1O. The molecular formula is C24H50N8O12. The standard InChI is InChI=1S/C24H50N8O12/c25-1-2-32(40)24(39)31-12-3-10(27)20(19(38)21(12)44-23-18(37)16(29)17(36)15(8-34)42-23)43-22-11(28)4-13(35)14(41-22)6-30-5-9(26)7-33/h9-23,30,33-38,40H,1-8,25-29H2,(H,31,39)/t9?,10-,11+,12+,13-,14+,15+,16-,17+,18+,19-,20+,21-,22+,23+/m0/s1. The van der Waals surface area contributed by atoms with E-state index in [1.807, 2.05) is 0 Å². The van der Waals surface area contributed by atoms with Crippen LogP contribution in [0.3, 0.4) is 0 Å². The van der Waals surface area contributed by atoms with E-state index in [1.165, 1.54) is 0 Å². The highest BCUT2D eigenvalue weighted by molar-refractivity contribution is 5.73. The molecule has 3 fully saturated rings. The maximum atomic E-state index is 12.6. The summed E-state index contributed by atoms with van der Waals surface area (Å²) in [7, 11) is 0. The van der Waals surface area contributed by atoms with Crippen molar-refractivity contribution in [2.45, 2.75) is 104 Å². The van der Waals surface area contributed by atoms with Crippen LogP contribution in [0, 0.1) is 0 Å². The second kappa shape index (κ2) is 16.9. The number of hydrogen-bond acceptors (Lipinski definition) is 18. The molecule has 0 aromatic carbocycles. The number of rotatable bonds is 13.